The van der Waals surface area contributed by atoms with Gasteiger partial charge in [-0.1, -0.05) is 0 Å². The molecule has 0 atom stereocenters. The molecule has 2 aromatic rings. The molecule has 0 saturated heterocycles. The Balaban J connectivity index is 2.10. The molecule has 18 heavy (non-hydrogen) atoms. The van der Waals surface area contributed by atoms with E-state index in [4.69, 9.17) is 14.3 Å². The van der Waals surface area contributed by atoms with Crippen LogP contribution in [0.2, 0.25) is 0 Å². The van der Waals surface area contributed by atoms with Crippen LogP contribution in [-0.2, 0) is 11.2 Å². The largest absolute Gasteiger partial charge is 0.497 e. The van der Waals surface area contributed by atoms with Gasteiger partial charge in [0.05, 0.1) is 19.7 Å². The zero-order chi connectivity index (χ0) is 13.0. The number of rotatable bonds is 5. The third-order valence-electron chi connectivity index (χ3n) is 2.48. The van der Waals surface area contributed by atoms with Crippen molar-refractivity contribution in [3.63, 3.8) is 0 Å². The summed E-state index contributed by atoms with van der Waals surface area (Å²) in [7, 11) is 1.60. The second-order valence-corrected chi connectivity index (χ2v) is 3.74. The minimum atomic E-state index is -0.862. The summed E-state index contributed by atoms with van der Waals surface area (Å²) in [5.74, 6) is 0.963. The third-order valence-corrected chi connectivity index (χ3v) is 2.48. The fourth-order valence-corrected chi connectivity index (χ4v) is 1.53. The SMILES string of the molecule is COc1ccc(-c2cnc(CCC(=O)O)o2)cc1. The number of benzene rings is 1. The highest BCUT2D eigenvalue weighted by atomic mass is 16.5. The molecule has 0 aliphatic heterocycles. The van der Waals surface area contributed by atoms with E-state index in [1.807, 2.05) is 24.3 Å². The first-order valence-corrected chi connectivity index (χ1v) is 5.50. The lowest BCUT2D eigenvalue weighted by atomic mass is 10.2. The monoisotopic (exact) mass is 247 g/mol. The first-order valence-electron chi connectivity index (χ1n) is 5.50. The number of aliphatic carboxylic acids is 1. The van der Waals surface area contributed by atoms with Crippen LogP contribution in [0.1, 0.15) is 12.3 Å². The maximum absolute atomic E-state index is 10.4. The van der Waals surface area contributed by atoms with Crippen LogP contribution >= 0.6 is 0 Å². The topological polar surface area (TPSA) is 72.6 Å². The van der Waals surface area contributed by atoms with Crippen LogP contribution in [0.5, 0.6) is 5.75 Å². The minimum Gasteiger partial charge on any atom is -0.497 e. The van der Waals surface area contributed by atoms with Crippen molar-refractivity contribution in [1.29, 1.82) is 0 Å². The molecule has 0 aliphatic rings. The van der Waals surface area contributed by atoms with Gasteiger partial charge < -0.3 is 14.3 Å². The van der Waals surface area contributed by atoms with Crippen LogP contribution in [0.3, 0.4) is 0 Å². The summed E-state index contributed by atoms with van der Waals surface area (Å²) in [5, 5.41) is 8.57. The molecule has 5 heteroatoms. The van der Waals surface area contributed by atoms with Crippen molar-refractivity contribution in [2.24, 2.45) is 0 Å². The Morgan fingerprint density at radius 2 is 2.11 bits per heavy atom. The molecule has 1 aromatic heterocycles. The van der Waals surface area contributed by atoms with Crippen LogP contribution in [0.4, 0.5) is 0 Å². The quantitative estimate of drug-likeness (QED) is 0.878. The average molecular weight is 247 g/mol. The molecule has 0 fully saturated rings. The molecule has 0 amide bonds. The van der Waals surface area contributed by atoms with Crippen LogP contribution in [-0.4, -0.2) is 23.2 Å². The molecular formula is C13H13NO4. The van der Waals surface area contributed by atoms with Gasteiger partial charge in [-0.3, -0.25) is 4.79 Å². The Morgan fingerprint density at radius 3 is 2.72 bits per heavy atom. The number of hydrogen-bond donors (Lipinski definition) is 1. The van der Waals surface area contributed by atoms with Gasteiger partial charge in [-0.2, -0.15) is 0 Å². The van der Waals surface area contributed by atoms with E-state index in [0.717, 1.165) is 11.3 Å². The second kappa shape index (κ2) is 5.35. The van der Waals surface area contributed by atoms with Gasteiger partial charge in [-0.05, 0) is 24.3 Å². The van der Waals surface area contributed by atoms with Crippen LogP contribution in [0, 0.1) is 0 Å². The number of carbonyl (C=O) groups is 1. The lowest BCUT2D eigenvalue weighted by molar-refractivity contribution is -0.137. The molecule has 94 valence electrons. The molecule has 0 radical (unpaired) electrons. The average Bonchev–Trinajstić information content (AvgIpc) is 2.85. The number of aromatic nitrogens is 1. The number of methoxy groups -OCH3 is 1. The smallest absolute Gasteiger partial charge is 0.303 e. The lowest BCUT2D eigenvalue weighted by Gasteiger charge is -2.00. The first-order chi connectivity index (χ1) is 8.69. The number of carboxylic acids is 1. The zero-order valence-corrected chi connectivity index (χ0v) is 9.92. The van der Waals surface area contributed by atoms with Gasteiger partial charge >= 0.3 is 5.97 Å². The van der Waals surface area contributed by atoms with E-state index in [2.05, 4.69) is 4.98 Å². The maximum atomic E-state index is 10.4. The molecule has 0 aliphatic carbocycles. The summed E-state index contributed by atoms with van der Waals surface area (Å²) in [4.78, 5) is 14.5. The fourth-order valence-electron chi connectivity index (χ4n) is 1.53. The normalized spacial score (nSPS) is 10.3. The summed E-state index contributed by atoms with van der Waals surface area (Å²) in [6.45, 7) is 0. The zero-order valence-electron chi connectivity index (χ0n) is 9.92. The first kappa shape index (κ1) is 12.2. The van der Waals surface area contributed by atoms with E-state index in [9.17, 15) is 4.79 Å². The summed E-state index contributed by atoms with van der Waals surface area (Å²) in [6, 6.07) is 7.38. The third kappa shape index (κ3) is 2.88. The predicted molar refractivity (Wildman–Crippen MR) is 64.4 cm³/mol. The van der Waals surface area contributed by atoms with Gasteiger partial charge in [0, 0.05) is 12.0 Å². The summed E-state index contributed by atoms with van der Waals surface area (Å²) < 4.78 is 10.5. The van der Waals surface area contributed by atoms with Crippen LogP contribution in [0.15, 0.2) is 34.9 Å². The highest BCUT2D eigenvalue weighted by Gasteiger charge is 2.08. The van der Waals surface area contributed by atoms with Crippen LogP contribution in [0.25, 0.3) is 11.3 Å². The molecular weight excluding hydrogens is 234 g/mol. The number of nitrogens with zero attached hydrogens (tertiary/aromatic N) is 1. The number of aryl methyl sites for hydroxylation is 1. The summed E-state index contributed by atoms with van der Waals surface area (Å²) >= 11 is 0. The minimum absolute atomic E-state index is 0.0164. The molecule has 0 saturated carbocycles. The molecule has 0 spiro atoms. The van der Waals surface area contributed by atoms with E-state index in [1.54, 1.807) is 13.3 Å². The number of ether oxygens (including phenoxy) is 1. The van der Waals surface area contributed by atoms with Crippen molar-refractivity contribution in [2.75, 3.05) is 7.11 Å². The molecule has 1 heterocycles. The van der Waals surface area contributed by atoms with Gasteiger partial charge in [0.15, 0.2) is 11.7 Å². The summed E-state index contributed by atoms with van der Waals surface area (Å²) in [6.07, 6.45) is 1.91. The number of hydrogen-bond acceptors (Lipinski definition) is 4. The van der Waals surface area contributed by atoms with Crippen molar-refractivity contribution < 1.29 is 19.1 Å². The van der Waals surface area contributed by atoms with Crippen molar-refractivity contribution in [2.45, 2.75) is 12.8 Å². The molecule has 1 aromatic carbocycles. The Labute approximate surface area is 104 Å². The highest BCUT2D eigenvalue weighted by molar-refractivity contribution is 5.66. The molecule has 1 N–H and O–H groups in total. The van der Waals surface area contributed by atoms with Gasteiger partial charge in [0.25, 0.3) is 0 Å². The second-order valence-electron chi connectivity index (χ2n) is 3.74. The number of carboxylic acid groups (broad SMARTS) is 1. The number of oxazole rings is 1. The van der Waals surface area contributed by atoms with E-state index < -0.39 is 5.97 Å². The van der Waals surface area contributed by atoms with E-state index in [-0.39, 0.29) is 6.42 Å². The Kier molecular flexibility index (Phi) is 3.62. The van der Waals surface area contributed by atoms with Gasteiger partial charge in [0.1, 0.15) is 5.75 Å². The lowest BCUT2D eigenvalue weighted by Crippen LogP contribution is -1.97. The molecule has 0 bridgehead atoms. The van der Waals surface area contributed by atoms with Crippen molar-refractivity contribution in [3.8, 4) is 17.1 Å². The highest BCUT2D eigenvalue weighted by Crippen LogP contribution is 2.23. The van der Waals surface area contributed by atoms with Gasteiger partial charge in [-0.15, -0.1) is 0 Å². The van der Waals surface area contributed by atoms with E-state index >= 15 is 0 Å². The van der Waals surface area contributed by atoms with E-state index in [1.165, 1.54) is 0 Å². The fraction of sp³-hybridized carbons (Fsp3) is 0.231. The van der Waals surface area contributed by atoms with Crippen molar-refractivity contribution >= 4 is 5.97 Å². The maximum Gasteiger partial charge on any atom is 0.303 e. The summed E-state index contributed by atoms with van der Waals surface area (Å²) in [5.41, 5.74) is 0.880. The van der Waals surface area contributed by atoms with Crippen LogP contribution < -0.4 is 4.74 Å². The molecule has 2 rings (SSSR count). The van der Waals surface area contributed by atoms with Gasteiger partial charge in [0.2, 0.25) is 0 Å². The van der Waals surface area contributed by atoms with Gasteiger partial charge in [-0.25, -0.2) is 4.98 Å². The Bertz CT molecular complexity index is 530. The molecule has 0 unspecified atom stereocenters. The standard InChI is InChI=1S/C13H13NO4/c1-17-10-4-2-9(3-5-10)11-8-14-12(18-11)6-7-13(15)16/h2-5,8H,6-7H2,1H3,(H,15,16). The molecule has 5 nitrogen and oxygen atoms in total. The van der Waals surface area contributed by atoms with Crippen molar-refractivity contribution in [1.82, 2.24) is 4.98 Å². The Hall–Kier alpha value is -2.30. The van der Waals surface area contributed by atoms with E-state index in [0.29, 0.717) is 18.1 Å². The Morgan fingerprint density at radius 1 is 1.39 bits per heavy atom. The predicted octanol–water partition coefficient (Wildman–Crippen LogP) is 2.37. The van der Waals surface area contributed by atoms with Crippen molar-refractivity contribution in [3.05, 3.63) is 36.4 Å².